The lowest BCUT2D eigenvalue weighted by Crippen LogP contribution is -2.28. The smallest absolute Gasteiger partial charge is 0.413 e. The summed E-state index contributed by atoms with van der Waals surface area (Å²) in [6.07, 6.45) is 1.56. The summed E-state index contributed by atoms with van der Waals surface area (Å²) in [6, 6.07) is 6.64. The minimum absolute atomic E-state index is 0.0707. The summed E-state index contributed by atoms with van der Waals surface area (Å²) < 4.78 is 40.6. The van der Waals surface area contributed by atoms with E-state index in [1.165, 1.54) is 13.2 Å². The van der Waals surface area contributed by atoms with Gasteiger partial charge in [0.05, 0.1) is 13.3 Å². The van der Waals surface area contributed by atoms with Gasteiger partial charge in [-0.1, -0.05) is 0 Å². The summed E-state index contributed by atoms with van der Waals surface area (Å²) in [6.45, 7) is 5.88. The van der Waals surface area contributed by atoms with Gasteiger partial charge in [-0.05, 0) is 56.9 Å². The number of methoxy groups -OCH3 is 1. The summed E-state index contributed by atoms with van der Waals surface area (Å²) >= 11 is 0. The van der Waals surface area contributed by atoms with Crippen LogP contribution >= 0.6 is 0 Å². The highest BCUT2D eigenvalue weighted by Gasteiger charge is 2.26. The van der Waals surface area contributed by atoms with Crippen molar-refractivity contribution in [2.45, 2.75) is 45.6 Å². The van der Waals surface area contributed by atoms with Crippen molar-refractivity contribution in [3.8, 4) is 16.9 Å². The summed E-state index contributed by atoms with van der Waals surface area (Å²) in [5, 5.41) is 6.77. The highest BCUT2D eigenvalue weighted by Crippen LogP contribution is 2.41. The lowest BCUT2D eigenvalue weighted by Gasteiger charge is -2.32. The van der Waals surface area contributed by atoms with E-state index in [1.807, 2.05) is 11.0 Å². The predicted molar refractivity (Wildman–Crippen MR) is 130 cm³/mol. The number of alkyl halides is 2. The number of ether oxygens (including phenoxy) is 2. The van der Waals surface area contributed by atoms with Crippen LogP contribution in [0.25, 0.3) is 11.1 Å². The Labute approximate surface area is 202 Å². The Morgan fingerprint density at radius 1 is 1.20 bits per heavy atom. The molecule has 0 atom stereocenters. The number of anilines is 3. The van der Waals surface area contributed by atoms with Gasteiger partial charge < -0.3 is 14.4 Å². The van der Waals surface area contributed by atoms with Gasteiger partial charge >= 0.3 is 6.09 Å². The maximum atomic E-state index is 14.1. The molecule has 186 valence electrons. The molecule has 1 aliphatic rings. The number of nitrogens with one attached hydrogen (secondary N) is 1. The Kier molecular flexibility index (Phi) is 6.64. The first-order valence-corrected chi connectivity index (χ1v) is 11.3. The zero-order chi connectivity index (χ0) is 25.3. The second-order valence-electron chi connectivity index (χ2n) is 9.40. The first-order chi connectivity index (χ1) is 16.5. The maximum absolute atomic E-state index is 14.1. The molecule has 4 rings (SSSR count). The topological polar surface area (TPSA) is 81.5 Å². The fraction of sp³-hybridized carbons (Fsp3) is 0.400. The average molecular weight is 486 g/mol. The molecule has 0 aliphatic carbocycles. The zero-order valence-electron chi connectivity index (χ0n) is 20.4. The van der Waals surface area contributed by atoms with E-state index in [1.54, 1.807) is 57.0 Å². The van der Waals surface area contributed by atoms with Crippen LogP contribution in [0.4, 0.5) is 30.9 Å². The predicted octanol–water partition coefficient (Wildman–Crippen LogP) is 5.86. The molecule has 1 aromatic carbocycles. The quantitative estimate of drug-likeness (QED) is 0.488. The number of aryl methyl sites for hydroxylation is 2. The molecular formula is C25H29F2N5O3. The van der Waals surface area contributed by atoms with E-state index in [2.05, 4.69) is 15.4 Å². The zero-order valence-corrected chi connectivity index (χ0v) is 20.4. The number of carbonyl (C=O) groups is 1. The van der Waals surface area contributed by atoms with Crippen LogP contribution in [0, 0.1) is 0 Å². The number of halogens is 2. The third kappa shape index (κ3) is 5.52. The summed E-state index contributed by atoms with van der Waals surface area (Å²) in [5.41, 5.74) is 1.97. The highest BCUT2D eigenvalue weighted by molar-refractivity contribution is 5.84. The van der Waals surface area contributed by atoms with Crippen molar-refractivity contribution in [3.05, 3.63) is 47.8 Å². The van der Waals surface area contributed by atoms with Gasteiger partial charge in [-0.2, -0.15) is 5.10 Å². The van der Waals surface area contributed by atoms with Crippen LogP contribution in [-0.4, -0.2) is 40.1 Å². The molecule has 8 nitrogen and oxygen atoms in total. The minimum Gasteiger partial charge on any atom is -0.496 e. The van der Waals surface area contributed by atoms with E-state index < -0.39 is 18.1 Å². The molecule has 0 saturated heterocycles. The molecule has 1 amide bonds. The number of pyridine rings is 1. The second-order valence-corrected chi connectivity index (χ2v) is 9.40. The van der Waals surface area contributed by atoms with Crippen LogP contribution in [0.5, 0.6) is 5.75 Å². The third-order valence-electron chi connectivity index (χ3n) is 5.55. The first kappa shape index (κ1) is 24.4. The number of hydrogen-bond donors (Lipinski definition) is 1. The molecule has 35 heavy (non-hydrogen) atoms. The van der Waals surface area contributed by atoms with Gasteiger partial charge in [-0.3, -0.25) is 10.00 Å². The van der Waals surface area contributed by atoms with Crippen LogP contribution < -0.4 is 15.0 Å². The van der Waals surface area contributed by atoms with Crippen LogP contribution in [0.3, 0.4) is 0 Å². The number of nitrogens with zero attached hydrogens (tertiary/aromatic N) is 4. The molecule has 0 bridgehead atoms. The van der Waals surface area contributed by atoms with Crippen molar-refractivity contribution in [2.24, 2.45) is 7.05 Å². The first-order valence-electron chi connectivity index (χ1n) is 11.3. The Balaban J connectivity index is 1.74. The second kappa shape index (κ2) is 9.52. The molecule has 10 heteroatoms. The molecule has 1 N–H and O–H groups in total. The molecule has 3 aromatic rings. The monoisotopic (exact) mass is 485 g/mol. The maximum Gasteiger partial charge on any atom is 0.413 e. The number of amides is 1. The average Bonchev–Trinajstić information content (AvgIpc) is 3.22. The molecule has 0 radical (unpaired) electrons. The van der Waals surface area contributed by atoms with E-state index in [9.17, 15) is 13.6 Å². The van der Waals surface area contributed by atoms with Gasteiger partial charge in [0, 0.05) is 48.7 Å². The fourth-order valence-corrected chi connectivity index (χ4v) is 4.10. The molecule has 0 spiro atoms. The SMILES string of the molecule is COc1cc(NC(=O)OC(C)(C)C)nc(N2CCCc3cc(-c4cnn(C)c4)c(C(F)F)cc32)c1. The minimum atomic E-state index is -2.66. The van der Waals surface area contributed by atoms with E-state index in [0.29, 0.717) is 34.9 Å². The van der Waals surface area contributed by atoms with Gasteiger partial charge in [0.2, 0.25) is 0 Å². The van der Waals surface area contributed by atoms with Crippen molar-refractivity contribution < 1.29 is 23.0 Å². The molecule has 3 heterocycles. The van der Waals surface area contributed by atoms with Gasteiger partial charge in [0.15, 0.2) is 0 Å². The Hall–Kier alpha value is -3.69. The third-order valence-corrected chi connectivity index (χ3v) is 5.55. The van der Waals surface area contributed by atoms with E-state index in [4.69, 9.17) is 9.47 Å². The van der Waals surface area contributed by atoms with Crippen molar-refractivity contribution in [1.82, 2.24) is 14.8 Å². The van der Waals surface area contributed by atoms with Gasteiger partial charge in [0.1, 0.15) is 23.0 Å². The number of carbonyl (C=O) groups excluding carboxylic acids is 1. The Morgan fingerprint density at radius 3 is 2.60 bits per heavy atom. The van der Waals surface area contributed by atoms with E-state index >= 15 is 0 Å². The van der Waals surface area contributed by atoms with Crippen molar-refractivity contribution in [1.29, 1.82) is 0 Å². The summed E-state index contributed by atoms with van der Waals surface area (Å²) in [5.74, 6) is 1.18. The summed E-state index contributed by atoms with van der Waals surface area (Å²) in [4.78, 5) is 18.7. The molecular weight excluding hydrogens is 456 g/mol. The Bertz CT molecular complexity index is 1240. The van der Waals surface area contributed by atoms with Crippen LogP contribution in [0.15, 0.2) is 36.7 Å². The lowest BCUT2D eigenvalue weighted by atomic mass is 9.93. The van der Waals surface area contributed by atoms with Gasteiger partial charge in [-0.25, -0.2) is 18.6 Å². The number of benzene rings is 1. The number of hydrogen-bond acceptors (Lipinski definition) is 6. The van der Waals surface area contributed by atoms with Crippen molar-refractivity contribution in [3.63, 3.8) is 0 Å². The van der Waals surface area contributed by atoms with E-state index in [-0.39, 0.29) is 11.4 Å². The van der Waals surface area contributed by atoms with Crippen molar-refractivity contribution in [2.75, 3.05) is 23.9 Å². The number of fused-ring (bicyclic) bond motifs is 1. The largest absolute Gasteiger partial charge is 0.496 e. The van der Waals surface area contributed by atoms with Gasteiger partial charge in [-0.15, -0.1) is 0 Å². The molecule has 0 unspecified atom stereocenters. The highest BCUT2D eigenvalue weighted by atomic mass is 19.3. The van der Waals surface area contributed by atoms with Crippen LogP contribution in [0.1, 0.15) is 44.7 Å². The molecule has 0 fully saturated rings. The van der Waals surface area contributed by atoms with Gasteiger partial charge in [0.25, 0.3) is 6.43 Å². The standard InChI is InChI=1S/C25H29F2N5O3/c1-25(2,3)35-24(33)30-21-10-17(34-5)11-22(29-21)32-8-6-7-15-9-18(16-13-28-31(4)14-16)19(23(26)27)12-20(15)32/h9-14,23H,6-8H2,1-5H3,(H,29,30,33). The van der Waals surface area contributed by atoms with E-state index in [0.717, 1.165) is 18.4 Å². The number of aromatic nitrogens is 3. The fourth-order valence-electron chi connectivity index (χ4n) is 4.10. The van der Waals surface area contributed by atoms with Crippen LogP contribution in [0.2, 0.25) is 0 Å². The normalized spacial score (nSPS) is 13.5. The molecule has 1 aliphatic heterocycles. The van der Waals surface area contributed by atoms with Crippen molar-refractivity contribution >= 4 is 23.4 Å². The summed E-state index contributed by atoms with van der Waals surface area (Å²) in [7, 11) is 3.26. The lowest BCUT2D eigenvalue weighted by molar-refractivity contribution is 0.0635. The molecule has 2 aromatic heterocycles. The Morgan fingerprint density at radius 2 is 1.97 bits per heavy atom. The molecule has 0 saturated carbocycles. The van der Waals surface area contributed by atoms with Crippen LogP contribution in [-0.2, 0) is 18.2 Å². The number of rotatable bonds is 5.